The van der Waals surface area contributed by atoms with E-state index in [4.69, 9.17) is 5.11 Å². The summed E-state index contributed by atoms with van der Waals surface area (Å²) in [5.74, 6) is 1.12. The Morgan fingerprint density at radius 2 is 1.68 bits per heavy atom. The number of hydrogen-bond donors (Lipinski definition) is 2. The summed E-state index contributed by atoms with van der Waals surface area (Å²) in [6.07, 6.45) is 6.81. The van der Waals surface area contributed by atoms with Gasteiger partial charge in [-0.3, -0.25) is 4.79 Å². The van der Waals surface area contributed by atoms with Crippen molar-refractivity contribution in [1.82, 2.24) is 4.90 Å². The largest absolute Gasteiger partial charge is 0.478 e. The molecule has 0 aromatic heterocycles. The zero-order valence-corrected chi connectivity index (χ0v) is 14.5. The molecule has 3 aliphatic rings. The number of aromatic carboxylic acids is 1. The molecule has 5 heteroatoms. The molecule has 134 valence electrons. The second kappa shape index (κ2) is 6.70. The number of likely N-dealkylation sites (tertiary alicyclic amines) is 1. The predicted molar refractivity (Wildman–Crippen MR) is 95.6 cm³/mol. The quantitative estimate of drug-likeness (QED) is 0.833. The number of anilines is 1. The molecule has 2 N–H and O–H groups in total. The van der Waals surface area contributed by atoms with Crippen molar-refractivity contribution in [3.63, 3.8) is 0 Å². The van der Waals surface area contributed by atoms with Crippen LogP contribution in [0.4, 0.5) is 5.69 Å². The number of nitrogens with one attached hydrogen (secondary N) is 1. The van der Waals surface area contributed by atoms with Crippen LogP contribution in [0.5, 0.6) is 0 Å². The fourth-order valence-corrected chi connectivity index (χ4v) is 4.13. The van der Waals surface area contributed by atoms with Crippen molar-refractivity contribution in [3.8, 4) is 0 Å². The van der Waals surface area contributed by atoms with Crippen LogP contribution in [0, 0.1) is 17.8 Å². The number of carbonyl (C=O) groups excluding carboxylic acids is 1. The zero-order chi connectivity index (χ0) is 17.4. The Kier molecular flexibility index (Phi) is 4.40. The number of amides is 1. The van der Waals surface area contributed by atoms with Crippen molar-refractivity contribution in [2.75, 3.05) is 18.4 Å². The molecule has 2 aliphatic carbocycles. The number of carboxylic acids is 1. The summed E-state index contributed by atoms with van der Waals surface area (Å²) in [4.78, 5) is 26.0. The van der Waals surface area contributed by atoms with Crippen LogP contribution in [-0.2, 0) is 4.79 Å². The SMILES string of the molecule is O=C(O)c1cccc(NC2CCN(C(=O)C(C3CC3)C3CC3)CC2)c1. The van der Waals surface area contributed by atoms with Crippen LogP contribution >= 0.6 is 0 Å². The third-order valence-electron chi connectivity index (χ3n) is 5.83. The van der Waals surface area contributed by atoms with Gasteiger partial charge in [-0.1, -0.05) is 6.07 Å². The van der Waals surface area contributed by atoms with Crippen LogP contribution in [0.1, 0.15) is 48.9 Å². The van der Waals surface area contributed by atoms with E-state index in [2.05, 4.69) is 10.2 Å². The molecule has 0 spiro atoms. The van der Waals surface area contributed by atoms with Gasteiger partial charge in [0, 0.05) is 30.7 Å². The minimum Gasteiger partial charge on any atom is -0.478 e. The van der Waals surface area contributed by atoms with E-state index < -0.39 is 5.97 Å². The minimum atomic E-state index is -0.907. The highest BCUT2D eigenvalue weighted by Gasteiger charge is 2.47. The first-order chi connectivity index (χ1) is 12.1. The summed E-state index contributed by atoms with van der Waals surface area (Å²) < 4.78 is 0. The zero-order valence-electron chi connectivity index (χ0n) is 14.5. The number of benzene rings is 1. The minimum absolute atomic E-state index is 0.299. The Balaban J connectivity index is 1.31. The van der Waals surface area contributed by atoms with E-state index >= 15 is 0 Å². The number of rotatable bonds is 6. The van der Waals surface area contributed by atoms with Crippen molar-refractivity contribution in [1.29, 1.82) is 0 Å². The van der Waals surface area contributed by atoms with Crippen LogP contribution < -0.4 is 5.32 Å². The molecule has 1 amide bonds. The smallest absolute Gasteiger partial charge is 0.335 e. The van der Waals surface area contributed by atoms with E-state index in [1.54, 1.807) is 18.2 Å². The molecule has 1 aromatic rings. The molecule has 1 saturated heterocycles. The van der Waals surface area contributed by atoms with Crippen molar-refractivity contribution in [2.24, 2.45) is 17.8 Å². The highest BCUT2D eigenvalue weighted by molar-refractivity contribution is 5.88. The molecular formula is C20H26N2O3. The summed E-state index contributed by atoms with van der Waals surface area (Å²) in [5.41, 5.74) is 1.15. The summed E-state index contributed by atoms with van der Waals surface area (Å²) in [6, 6.07) is 7.25. The van der Waals surface area contributed by atoms with E-state index in [9.17, 15) is 9.59 Å². The molecule has 0 radical (unpaired) electrons. The van der Waals surface area contributed by atoms with Gasteiger partial charge in [0.25, 0.3) is 0 Å². The molecule has 1 aliphatic heterocycles. The lowest BCUT2D eigenvalue weighted by Gasteiger charge is -2.35. The fraction of sp³-hybridized carbons (Fsp3) is 0.600. The Bertz CT molecular complexity index is 647. The van der Waals surface area contributed by atoms with Crippen LogP contribution in [0.15, 0.2) is 24.3 Å². The standard InChI is InChI=1S/C20H26N2O3/c23-19(18(13-4-5-13)14-6-7-14)22-10-8-16(9-11-22)21-17-3-1-2-15(12-17)20(24)25/h1-3,12-14,16,18,21H,4-11H2,(H,24,25). The lowest BCUT2D eigenvalue weighted by Crippen LogP contribution is -2.45. The normalized spacial score (nSPS) is 21.4. The van der Waals surface area contributed by atoms with Gasteiger partial charge in [-0.05, 0) is 68.6 Å². The van der Waals surface area contributed by atoms with E-state index in [1.165, 1.54) is 25.7 Å². The molecule has 2 saturated carbocycles. The number of hydrogen-bond acceptors (Lipinski definition) is 3. The average Bonchev–Trinajstić information content (AvgIpc) is 3.51. The van der Waals surface area contributed by atoms with Crippen LogP contribution in [-0.4, -0.2) is 41.0 Å². The summed E-state index contributed by atoms with van der Waals surface area (Å²) in [7, 11) is 0. The van der Waals surface area contributed by atoms with E-state index in [0.29, 0.717) is 35.3 Å². The molecule has 1 aromatic carbocycles. The Labute approximate surface area is 148 Å². The topological polar surface area (TPSA) is 69.6 Å². The summed E-state index contributed by atoms with van der Waals surface area (Å²) >= 11 is 0. The fourth-order valence-electron chi connectivity index (χ4n) is 4.13. The second-order valence-corrected chi connectivity index (χ2v) is 7.83. The van der Waals surface area contributed by atoms with Gasteiger partial charge in [0.1, 0.15) is 0 Å². The van der Waals surface area contributed by atoms with E-state index in [0.717, 1.165) is 31.6 Å². The first kappa shape index (κ1) is 16.4. The molecule has 25 heavy (non-hydrogen) atoms. The van der Waals surface area contributed by atoms with Gasteiger partial charge < -0.3 is 15.3 Å². The molecular weight excluding hydrogens is 316 g/mol. The molecule has 3 fully saturated rings. The molecule has 0 atom stereocenters. The van der Waals surface area contributed by atoms with Crippen molar-refractivity contribution in [3.05, 3.63) is 29.8 Å². The number of piperidine rings is 1. The van der Waals surface area contributed by atoms with Crippen molar-refractivity contribution in [2.45, 2.75) is 44.6 Å². The predicted octanol–water partition coefficient (Wildman–Crippen LogP) is 3.22. The van der Waals surface area contributed by atoms with Crippen LogP contribution in [0.2, 0.25) is 0 Å². The maximum absolute atomic E-state index is 12.9. The van der Waals surface area contributed by atoms with Gasteiger partial charge in [-0.25, -0.2) is 4.79 Å². The third kappa shape index (κ3) is 3.80. The van der Waals surface area contributed by atoms with Crippen LogP contribution in [0.25, 0.3) is 0 Å². The van der Waals surface area contributed by atoms with E-state index in [-0.39, 0.29) is 0 Å². The average molecular weight is 342 g/mol. The lowest BCUT2D eigenvalue weighted by atomic mass is 9.94. The van der Waals surface area contributed by atoms with Gasteiger partial charge in [0.05, 0.1) is 5.56 Å². The highest BCUT2D eigenvalue weighted by atomic mass is 16.4. The number of carboxylic acid groups (broad SMARTS) is 1. The molecule has 4 rings (SSSR count). The van der Waals surface area contributed by atoms with E-state index in [1.807, 2.05) is 6.07 Å². The lowest BCUT2D eigenvalue weighted by molar-refractivity contribution is -0.138. The van der Waals surface area contributed by atoms with Crippen molar-refractivity contribution < 1.29 is 14.7 Å². The molecule has 5 nitrogen and oxygen atoms in total. The maximum Gasteiger partial charge on any atom is 0.335 e. The first-order valence-electron chi connectivity index (χ1n) is 9.50. The first-order valence-corrected chi connectivity index (χ1v) is 9.50. The summed E-state index contributed by atoms with van der Waals surface area (Å²) in [6.45, 7) is 1.62. The Morgan fingerprint density at radius 1 is 1.04 bits per heavy atom. The van der Waals surface area contributed by atoms with Gasteiger partial charge >= 0.3 is 5.97 Å². The van der Waals surface area contributed by atoms with Crippen LogP contribution in [0.3, 0.4) is 0 Å². The summed E-state index contributed by atoms with van der Waals surface area (Å²) in [5, 5.41) is 12.5. The van der Waals surface area contributed by atoms with Gasteiger partial charge in [-0.15, -0.1) is 0 Å². The molecule has 0 bridgehead atoms. The molecule has 0 unspecified atom stereocenters. The van der Waals surface area contributed by atoms with Gasteiger partial charge in [0.15, 0.2) is 0 Å². The second-order valence-electron chi connectivity index (χ2n) is 7.83. The maximum atomic E-state index is 12.9. The molecule has 1 heterocycles. The number of carbonyl (C=O) groups is 2. The Morgan fingerprint density at radius 3 is 2.24 bits per heavy atom. The van der Waals surface area contributed by atoms with Gasteiger partial charge in [-0.2, -0.15) is 0 Å². The highest BCUT2D eigenvalue weighted by Crippen LogP contribution is 2.50. The number of nitrogens with zero attached hydrogens (tertiary/aromatic N) is 1. The van der Waals surface area contributed by atoms with Crippen molar-refractivity contribution >= 4 is 17.6 Å². The van der Waals surface area contributed by atoms with Gasteiger partial charge in [0.2, 0.25) is 5.91 Å². The Hall–Kier alpha value is -2.04. The monoisotopic (exact) mass is 342 g/mol. The third-order valence-corrected chi connectivity index (χ3v) is 5.83.